The van der Waals surface area contributed by atoms with E-state index in [1.165, 1.54) is 30.6 Å². The summed E-state index contributed by atoms with van der Waals surface area (Å²) in [6, 6.07) is 20.0. The predicted molar refractivity (Wildman–Crippen MR) is 142 cm³/mol. The Labute approximate surface area is 221 Å². The van der Waals surface area contributed by atoms with Crippen molar-refractivity contribution < 1.29 is 12.8 Å². The Morgan fingerprint density at radius 3 is 2.54 bits per heavy atom. The first kappa shape index (κ1) is 24.6. The molecular weight excluding hydrogens is 533 g/mol. The lowest BCUT2D eigenvalue weighted by molar-refractivity contribution is 0.595. The SMILES string of the molecule is N#Cc1cnc2ccc(NCc3cnc(S(=O)(=O)c4ccccc4)s3)cc2c1Nc1ccc(F)c(Cl)c1. The van der Waals surface area contributed by atoms with E-state index in [1.54, 1.807) is 36.4 Å². The van der Waals surface area contributed by atoms with Crippen LogP contribution >= 0.6 is 22.9 Å². The molecule has 0 aliphatic heterocycles. The smallest absolute Gasteiger partial charge is 0.233 e. The number of nitrogens with one attached hydrogen (secondary N) is 2. The lowest BCUT2D eigenvalue weighted by Gasteiger charge is -2.13. The molecule has 0 bridgehead atoms. The third-order valence-electron chi connectivity index (χ3n) is 5.46. The molecule has 0 saturated heterocycles. The number of hydrogen-bond donors (Lipinski definition) is 2. The van der Waals surface area contributed by atoms with E-state index >= 15 is 0 Å². The molecule has 0 fully saturated rings. The monoisotopic (exact) mass is 549 g/mol. The number of thiazole rings is 1. The molecule has 0 unspecified atom stereocenters. The first-order valence-corrected chi connectivity index (χ1v) is 13.6. The highest BCUT2D eigenvalue weighted by Crippen LogP contribution is 2.32. The van der Waals surface area contributed by atoms with Crippen molar-refractivity contribution in [2.75, 3.05) is 10.6 Å². The van der Waals surface area contributed by atoms with Gasteiger partial charge in [-0.15, -0.1) is 11.3 Å². The molecule has 0 radical (unpaired) electrons. The van der Waals surface area contributed by atoms with Gasteiger partial charge in [-0.05, 0) is 48.5 Å². The van der Waals surface area contributed by atoms with E-state index in [2.05, 4.69) is 26.7 Å². The Hall–Kier alpha value is -4.04. The summed E-state index contributed by atoms with van der Waals surface area (Å²) < 4.78 is 39.3. The summed E-state index contributed by atoms with van der Waals surface area (Å²) in [5, 5.41) is 16.7. The largest absolute Gasteiger partial charge is 0.380 e. The molecule has 184 valence electrons. The number of halogens is 2. The van der Waals surface area contributed by atoms with Gasteiger partial charge in [0.1, 0.15) is 11.9 Å². The average Bonchev–Trinajstić information content (AvgIpc) is 3.40. The second-order valence-corrected chi connectivity index (χ2v) is 11.6. The van der Waals surface area contributed by atoms with Gasteiger partial charge in [-0.3, -0.25) is 4.98 Å². The van der Waals surface area contributed by atoms with Gasteiger partial charge in [0.05, 0.1) is 33.2 Å². The van der Waals surface area contributed by atoms with E-state index in [0.29, 0.717) is 34.4 Å². The first-order chi connectivity index (χ1) is 17.8. The summed E-state index contributed by atoms with van der Waals surface area (Å²) in [7, 11) is -3.68. The number of sulfone groups is 1. The van der Waals surface area contributed by atoms with Crippen LogP contribution in [0.4, 0.5) is 21.5 Å². The zero-order chi connectivity index (χ0) is 26.0. The molecule has 0 amide bonds. The van der Waals surface area contributed by atoms with Gasteiger partial charge in [0, 0.05) is 34.0 Å². The standard InChI is InChI=1S/C26H17ClFN5O2S2/c27-22-11-18(6-8-23(22)28)33-25-16(12-29)13-31-24-9-7-17(10-21(24)25)30-14-19-15-32-26(36-19)37(34,35)20-4-2-1-3-5-20/h1-11,13,15,30H,14H2,(H,31,33). The maximum Gasteiger partial charge on any atom is 0.233 e. The van der Waals surface area contributed by atoms with Crippen LogP contribution in [0.5, 0.6) is 0 Å². The minimum atomic E-state index is -3.68. The van der Waals surface area contributed by atoms with Crippen molar-refractivity contribution in [2.24, 2.45) is 0 Å². The van der Waals surface area contributed by atoms with Crippen LogP contribution in [0.3, 0.4) is 0 Å². The van der Waals surface area contributed by atoms with Crippen LogP contribution in [-0.2, 0) is 16.4 Å². The van der Waals surface area contributed by atoms with Gasteiger partial charge in [0.15, 0.2) is 0 Å². The number of aromatic nitrogens is 2. The van der Waals surface area contributed by atoms with Gasteiger partial charge >= 0.3 is 0 Å². The molecular formula is C26H17ClFN5O2S2. The van der Waals surface area contributed by atoms with E-state index in [0.717, 1.165) is 21.9 Å². The predicted octanol–water partition coefficient (Wildman–Crippen LogP) is 6.54. The Morgan fingerprint density at radius 1 is 1.00 bits per heavy atom. The third kappa shape index (κ3) is 5.11. The van der Waals surface area contributed by atoms with Crippen LogP contribution in [-0.4, -0.2) is 18.4 Å². The van der Waals surface area contributed by atoms with E-state index < -0.39 is 15.7 Å². The zero-order valence-corrected chi connectivity index (χ0v) is 21.3. The minimum absolute atomic E-state index is 0.0290. The number of fused-ring (bicyclic) bond motifs is 1. The van der Waals surface area contributed by atoms with Crippen LogP contribution < -0.4 is 10.6 Å². The van der Waals surface area contributed by atoms with Crippen LogP contribution in [0.25, 0.3) is 10.9 Å². The van der Waals surface area contributed by atoms with E-state index in [-0.39, 0.29) is 14.3 Å². The number of anilines is 3. The highest BCUT2D eigenvalue weighted by Gasteiger charge is 2.21. The zero-order valence-electron chi connectivity index (χ0n) is 18.9. The molecule has 11 heteroatoms. The Bertz CT molecular complexity index is 1770. The Balaban J connectivity index is 1.41. The molecule has 0 spiro atoms. The molecule has 0 aliphatic rings. The van der Waals surface area contributed by atoms with E-state index in [1.807, 2.05) is 12.1 Å². The molecule has 2 aromatic heterocycles. The second kappa shape index (κ2) is 10.1. The number of hydrogen-bond acceptors (Lipinski definition) is 8. The van der Waals surface area contributed by atoms with Crippen LogP contribution in [0, 0.1) is 17.1 Å². The van der Waals surface area contributed by atoms with Crippen molar-refractivity contribution in [3.05, 3.63) is 100 Å². The van der Waals surface area contributed by atoms with Gasteiger partial charge < -0.3 is 10.6 Å². The quantitative estimate of drug-likeness (QED) is 0.237. The summed E-state index contributed by atoms with van der Waals surface area (Å²) in [5.74, 6) is -0.540. The summed E-state index contributed by atoms with van der Waals surface area (Å²) in [6.45, 7) is 0.342. The number of nitriles is 1. The average molecular weight is 550 g/mol. The highest BCUT2D eigenvalue weighted by atomic mass is 35.5. The molecule has 0 atom stereocenters. The molecule has 0 saturated carbocycles. The molecule has 3 aromatic carbocycles. The van der Waals surface area contributed by atoms with Gasteiger partial charge in [-0.25, -0.2) is 17.8 Å². The number of pyridine rings is 1. The van der Waals surface area contributed by atoms with Crippen molar-refractivity contribution in [3.8, 4) is 6.07 Å². The fourth-order valence-corrected chi connectivity index (χ4v) is 6.34. The Kier molecular flexibility index (Phi) is 6.76. The molecule has 0 aliphatic carbocycles. The summed E-state index contributed by atoms with van der Waals surface area (Å²) in [5.41, 5.74) is 2.71. The van der Waals surface area contributed by atoms with Crippen LogP contribution in [0.2, 0.25) is 5.02 Å². The topological polar surface area (TPSA) is 108 Å². The van der Waals surface area contributed by atoms with Crippen LogP contribution in [0.1, 0.15) is 10.4 Å². The lowest BCUT2D eigenvalue weighted by atomic mass is 10.1. The number of rotatable bonds is 7. The fourth-order valence-electron chi connectivity index (χ4n) is 3.63. The van der Waals surface area contributed by atoms with Crippen molar-refractivity contribution in [1.29, 1.82) is 5.26 Å². The van der Waals surface area contributed by atoms with Gasteiger partial charge in [-0.2, -0.15) is 5.26 Å². The lowest BCUT2D eigenvalue weighted by Crippen LogP contribution is -2.01. The molecule has 37 heavy (non-hydrogen) atoms. The van der Waals surface area contributed by atoms with Crippen LogP contribution in [0.15, 0.2) is 88.4 Å². The maximum atomic E-state index is 13.6. The summed E-state index contributed by atoms with van der Waals surface area (Å²) >= 11 is 7.02. The van der Waals surface area contributed by atoms with Gasteiger partial charge in [0.2, 0.25) is 14.2 Å². The molecule has 2 heterocycles. The maximum absolute atomic E-state index is 13.6. The van der Waals surface area contributed by atoms with Crippen molar-refractivity contribution in [3.63, 3.8) is 0 Å². The fraction of sp³-hybridized carbons (Fsp3) is 0.0385. The second-order valence-electron chi connectivity index (χ2n) is 7.91. The summed E-state index contributed by atoms with van der Waals surface area (Å²) in [6.07, 6.45) is 3.00. The number of benzene rings is 3. The molecule has 7 nitrogen and oxygen atoms in total. The molecule has 2 N–H and O–H groups in total. The van der Waals surface area contributed by atoms with Crippen molar-refractivity contribution in [2.45, 2.75) is 15.8 Å². The van der Waals surface area contributed by atoms with Crippen molar-refractivity contribution in [1.82, 2.24) is 9.97 Å². The van der Waals surface area contributed by atoms with Crippen molar-refractivity contribution >= 4 is 60.7 Å². The number of nitrogens with zero attached hydrogens (tertiary/aromatic N) is 3. The normalized spacial score (nSPS) is 11.3. The minimum Gasteiger partial charge on any atom is -0.380 e. The highest BCUT2D eigenvalue weighted by molar-refractivity contribution is 7.93. The van der Waals surface area contributed by atoms with E-state index in [4.69, 9.17) is 11.6 Å². The first-order valence-electron chi connectivity index (χ1n) is 10.9. The van der Waals surface area contributed by atoms with Gasteiger partial charge in [-0.1, -0.05) is 29.8 Å². The molecule has 5 rings (SSSR count). The third-order valence-corrected chi connectivity index (χ3v) is 8.91. The molecule has 5 aromatic rings. The Morgan fingerprint density at radius 2 is 1.78 bits per heavy atom. The summed E-state index contributed by atoms with van der Waals surface area (Å²) in [4.78, 5) is 9.40. The van der Waals surface area contributed by atoms with E-state index in [9.17, 15) is 18.1 Å². The van der Waals surface area contributed by atoms with Gasteiger partial charge in [0.25, 0.3) is 0 Å².